The molecule has 3 nitrogen and oxygen atoms in total. The number of hydrogen-bond donors (Lipinski definition) is 1. The van der Waals surface area contributed by atoms with Gasteiger partial charge in [-0.15, -0.1) is 0 Å². The maximum atomic E-state index is 12.1. The summed E-state index contributed by atoms with van der Waals surface area (Å²) in [5.41, 5.74) is 0.244. The Kier molecular flexibility index (Phi) is 2.52. The fourth-order valence-corrected chi connectivity index (χ4v) is 7.47. The number of carbonyl (C=O) groups is 1. The van der Waals surface area contributed by atoms with Gasteiger partial charge in [-0.3, -0.25) is 4.79 Å². The molecule has 0 unspecified atom stereocenters. The zero-order chi connectivity index (χ0) is 15.3. The summed E-state index contributed by atoms with van der Waals surface area (Å²) in [6.07, 6.45) is 8.42. The number of rotatable bonds is 0. The lowest BCUT2D eigenvalue weighted by atomic mass is 9.45. The molecule has 22 heavy (non-hydrogen) atoms. The van der Waals surface area contributed by atoms with Crippen LogP contribution in [0.5, 0.6) is 0 Å². The van der Waals surface area contributed by atoms with Gasteiger partial charge in [0.15, 0.2) is 5.78 Å². The summed E-state index contributed by atoms with van der Waals surface area (Å²) < 4.78 is 6.09. The summed E-state index contributed by atoms with van der Waals surface area (Å²) in [5, 5.41) is 10.5. The molecule has 0 aromatic carbocycles. The molecule has 5 fully saturated rings. The van der Waals surface area contributed by atoms with E-state index in [0.29, 0.717) is 17.6 Å². The molecule has 1 saturated heterocycles. The molecule has 1 heterocycles. The van der Waals surface area contributed by atoms with Crippen molar-refractivity contribution in [1.82, 2.24) is 0 Å². The fraction of sp³-hybridized carbons (Fsp3) is 0.947. The van der Waals surface area contributed by atoms with Crippen molar-refractivity contribution in [2.45, 2.75) is 83.0 Å². The van der Waals surface area contributed by atoms with Crippen molar-refractivity contribution >= 4 is 5.78 Å². The maximum absolute atomic E-state index is 12.1. The summed E-state index contributed by atoms with van der Waals surface area (Å²) >= 11 is 0. The van der Waals surface area contributed by atoms with Crippen LogP contribution in [0.2, 0.25) is 0 Å². The van der Waals surface area contributed by atoms with E-state index in [1.165, 1.54) is 19.3 Å². The quantitative estimate of drug-likeness (QED) is 0.700. The van der Waals surface area contributed by atoms with Crippen LogP contribution in [0.15, 0.2) is 0 Å². The average Bonchev–Trinajstić information content (AvgIpc) is 3.17. The molecule has 4 aliphatic carbocycles. The summed E-state index contributed by atoms with van der Waals surface area (Å²) in [4.78, 5) is 12.1. The van der Waals surface area contributed by atoms with E-state index >= 15 is 0 Å². The number of ketones is 1. The van der Waals surface area contributed by atoms with E-state index in [1.807, 2.05) is 0 Å². The minimum atomic E-state index is -0.103. The van der Waals surface area contributed by atoms with E-state index < -0.39 is 0 Å². The maximum Gasteiger partial charge on any atom is 0.164 e. The number of carbonyl (C=O) groups excluding carboxylic acids is 1. The third kappa shape index (κ3) is 1.36. The van der Waals surface area contributed by atoms with Gasteiger partial charge in [-0.2, -0.15) is 0 Å². The van der Waals surface area contributed by atoms with Crippen LogP contribution in [0.25, 0.3) is 0 Å². The predicted molar refractivity (Wildman–Crippen MR) is 82.2 cm³/mol. The SMILES string of the molecule is C[C@]12CC[C@H]3[C@@H](CC[C@@]45O[C@@H]4C(=O)CC[C@]35C)[C@@H]1CC[C@@H]2O. The van der Waals surface area contributed by atoms with Crippen LogP contribution in [0.4, 0.5) is 0 Å². The normalized spacial score (nSPS) is 62.7. The van der Waals surface area contributed by atoms with Crippen molar-refractivity contribution in [3.05, 3.63) is 0 Å². The van der Waals surface area contributed by atoms with Crippen molar-refractivity contribution in [2.75, 3.05) is 0 Å². The van der Waals surface area contributed by atoms with E-state index in [0.717, 1.165) is 38.0 Å². The Morgan fingerprint density at radius 1 is 1.05 bits per heavy atom. The second-order valence-corrected chi connectivity index (χ2v) is 9.32. The Morgan fingerprint density at radius 3 is 2.68 bits per heavy atom. The van der Waals surface area contributed by atoms with Gasteiger partial charge >= 0.3 is 0 Å². The van der Waals surface area contributed by atoms with Crippen molar-refractivity contribution in [2.24, 2.45) is 28.6 Å². The minimum absolute atomic E-state index is 0.0744. The van der Waals surface area contributed by atoms with Crippen molar-refractivity contribution in [3.8, 4) is 0 Å². The van der Waals surface area contributed by atoms with E-state index in [-0.39, 0.29) is 28.6 Å². The monoisotopic (exact) mass is 304 g/mol. The van der Waals surface area contributed by atoms with Gasteiger partial charge in [0.2, 0.25) is 0 Å². The van der Waals surface area contributed by atoms with Gasteiger partial charge in [-0.05, 0) is 68.1 Å². The number of aliphatic hydroxyl groups excluding tert-OH is 1. The Morgan fingerprint density at radius 2 is 1.86 bits per heavy atom. The van der Waals surface area contributed by atoms with Gasteiger partial charge in [0.05, 0.1) is 6.10 Å². The molecule has 0 bridgehead atoms. The molecular formula is C19H28O3. The van der Waals surface area contributed by atoms with Crippen LogP contribution < -0.4 is 0 Å². The van der Waals surface area contributed by atoms with Crippen molar-refractivity contribution in [1.29, 1.82) is 0 Å². The molecular weight excluding hydrogens is 276 g/mol. The molecule has 0 radical (unpaired) electrons. The lowest BCUT2D eigenvalue weighted by Crippen LogP contribution is -2.58. The first-order valence-corrected chi connectivity index (χ1v) is 9.31. The highest BCUT2D eigenvalue weighted by atomic mass is 16.6. The van der Waals surface area contributed by atoms with Crippen molar-refractivity contribution in [3.63, 3.8) is 0 Å². The predicted octanol–water partition coefficient (Wildman–Crippen LogP) is 3.09. The summed E-state index contributed by atoms with van der Waals surface area (Å²) in [6, 6.07) is 0. The fourth-order valence-electron chi connectivity index (χ4n) is 7.47. The third-order valence-electron chi connectivity index (χ3n) is 8.90. The lowest BCUT2D eigenvalue weighted by molar-refractivity contribution is -0.133. The molecule has 1 aliphatic heterocycles. The Labute approximate surface area is 132 Å². The molecule has 1 spiro atoms. The second kappa shape index (κ2) is 3.97. The van der Waals surface area contributed by atoms with Gasteiger partial charge in [-0.25, -0.2) is 0 Å². The van der Waals surface area contributed by atoms with Crippen LogP contribution in [-0.2, 0) is 9.53 Å². The highest BCUT2D eigenvalue weighted by Crippen LogP contribution is 2.72. The largest absolute Gasteiger partial charge is 0.393 e. The molecule has 8 atom stereocenters. The third-order valence-corrected chi connectivity index (χ3v) is 8.90. The lowest BCUT2D eigenvalue weighted by Gasteiger charge is -2.59. The molecule has 3 heteroatoms. The van der Waals surface area contributed by atoms with E-state index in [2.05, 4.69) is 13.8 Å². The zero-order valence-electron chi connectivity index (χ0n) is 13.8. The van der Waals surface area contributed by atoms with Gasteiger partial charge in [0.1, 0.15) is 11.7 Å². The first-order chi connectivity index (χ1) is 10.4. The molecule has 122 valence electrons. The number of Topliss-reactive ketones (excluding diaryl/α,β-unsaturated/α-hetero) is 1. The van der Waals surface area contributed by atoms with Gasteiger partial charge in [-0.1, -0.05) is 13.8 Å². The zero-order valence-corrected chi connectivity index (χ0v) is 13.8. The minimum Gasteiger partial charge on any atom is -0.393 e. The second-order valence-electron chi connectivity index (χ2n) is 9.32. The number of fused-ring (bicyclic) bond motifs is 4. The van der Waals surface area contributed by atoms with Gasteiger partial charge in [0, 0.05) is 11.8 Å². The van der Waals surface area contributed by atoms with Crippen molar-refractivity contribution < 1.29 is 14.6 Å². The molecule has 1 N–H and O–H groups in total. The molecule has 0 aromatic heterocycles. The van der Waals surface area contributed by atoms with E-state index in [1.54, 1.807) is 0 Å². The van der Waals surface area contributed by atoms with Crippen LogP contribution in [0, 0.1) is 28.6 Å². The molecule has 0 aromatic rings. The number of aliphatic hydroxyl groups is 1. The van der Waals surface area contributed by atoms with Crippen LogP contribution >= 0.6 is 0 Å². The topological polar surface area (TPSA) is 49.8 Å². The van der Waals surface area contributed by atoms with Gasteiger partial charge in [0.25, 0.3) is 0 Å². The number of ether oxygens (including phenoxy) is 1. The molecule has 5 rings (SSSR count). The molecule has 4 saturated carbocycles. The van der Waals surface area contributed by atoms with Crippen LogP contribution in [0.1, 0.15) is 65.2 Å². The number of hydrogen-bond acceptors (Lipinski definition) is 3. The van der Waals surface area contributed by atoms with Crippen LogP contribution in [0.3, 0.4) is 0 Å². The van der Waals surface area contributed by atoms with E-state index in [4.69, 9.17) is 4.74 Å². The summed E-state index contributed by atoms with van der Waals surface area (Å²) in [6.45, 7) is 4.75. The smallest absolute Gasteiger partial charge is 0.164 e. The number of epoxide rings is 1. The molecule has 5 aliphatic rings. The first kappa shape index (κ1) is 14.0. The summed E-state index contributed by atoms with van der Waals surface area (Å²) in [7, 11) is 0. The van der Waals surface area contributed by atoms with Gasteiger partial charge < -0.3 is 9.84 Å². The standard InChI is InChI=1S/C19H28O3/c1-17-8-6-13-11(12(17)3-4-15(17)21)5-10-19-16(22-19)14(20)7-9-18(13,19)2/h11-13,15-16,21H,3-10H2,1-2H3/t11-,12-,13-,15-,16+,17-,18+,19+/m0/s1. The highest BCUT2D eigenvalue weighted by Gasteiger charge is 2.76. The molecule has 0 amide bonds. The average molecular weight is 304 g/mol. The van der Waals surface area contributed by atoms with E-state index in [9.17, 15) is 9.90 Å². The Bertz CT molecular complexity index is 545. The summed E-state index contributed by atoms with van der Waals surface area (Å²) in [5.74, 6) is 2.48. The first-order valence-electron chi connectivity index (χ1n) is 9.31. The van der Waals surface area contributed by atoms with Crippen LogP contribution in [-0.4, -0.2) is 28.7 Å². The Balaban J connectivity index is 1.51. The Hall–Kier alpha value is -0.410. The highest BCUT2D eigenvalue weighted by molar-refractivity contribution is 5.88.